The molecule has 0 saturated heterocycles. The number of rotatable bonds is 6. The molecule has 122 valence electrons. The van der Waals surface area contributed by atoms with Crippen molar-refractivity contribution in [1.82, 2.24) is 0 Å². The number of methoxy groups -OCH3 is 2. The fourth-order valence-electron chi connectivity index (χ4n) is 2.75. The van der Waals surface area contributed by atoms with Crippen LogP contribution in [0, 0.1) is 0 Å². The summed E-state index contributed by atoms with van der Waals surface area (Å²) in [6.07, 6.45) is -0.305. The topological polar surface area (TPSA) is 18.5 Å². The van der Waals surface area contributed by atoms with Gasteiger partial charge in [0.05, 0.1) is 0 Å². The van der Waals surface area contributed by atoms with Crippen molar-refractivity contribution in [3.63, 3.8) is 0 Å². The second-order valence-corrected chi connectivity index (χ2v) is 14.0. The normalized spacial score (nSPS) is 11.2. The number of benzene rings is 3. The van der Waals surface area contributed by atoms with E-state index in [9.17, 15) is 0 Å². The van der Waals surface area contributed by atoms with Gasteiger partial charge < -0.3 is 0 Å². The van der Waals surface area contributed by atoms with E-state index in [0.717, 1.165) is 5.56 Å². The van der Waals surface area contributed by atoms with Crippen LogP contribution in [0.25, 0.3) is 0 Å². The maximum absolute atomic E-state index is 5.35. The molecule has 0 N–H and O–H groups in total. The Balaban J connectivity index is 2.00. The Labute approximate surface area is 151 Å². The average Bonchev–Trinajstić information content (AvgIpc) is 2.66. The molecule has 0 aliphatic heterocycles. The summed E-state index contributed by atoms with van der Waals surface area (Å²) in [7, 11) is 3.33. The Hall–Kier alpha value is -1.54. The van der Waals surface area contributed by atoms with Gasteiger partial charge in [-0.05, 0) is 0 Å². The molecule has 2 nitrogen and oxygen atoms in total. The SMILES string of the molecule is COC(OC)c1cc[c]([Bi]([c]2ccccc2)[c]2ccccc2)cc1. The van der Waals surface area contributed by atoms with Crippen LogP contribution in [0.5, 0.6) is 0 Å². The van der Waals surface area contributed by atoms with E-state index in [1.807, 2.05) is 0 Å². The summed E-state index contributed by atoms with van der Waals surface area (Å²) in [5.41, 5.74) is 1.05. The van der Waals surface area contributed by atoms with Crippen LogP contribution in [0.4, 0.5) is 0 Å². The summed E-state index contributed by atoms with van der Waals surface area (Å²) in [5, 5.41) is 0. The van der Waals surface area contributed by atoms with E-state index in [-0.39, 0.29) is 6.29 Å². The quantitative estimate of drug-likeness (QED) is 0.372. The zero-order valence-corrected chi connectivity index (χ0v) is 17.4. The fraction of sp³-hybridized carbons (Fsp3) is 0.143. The predicted octanol–water partition coefficient (Wildman–Crippen LogP) is 2.49. The summed E-state index contributed by atoms with van der Waals surface area (Å²) >= 11 is -2.24. The summed E-state index contributed by atoms with van der Waals surface area (Å²) in [4.78, 5) is 0. The number of hydrogen-bond donors (Lipinski definition) is 0. The predicted molar refractivity (Wildman–Crippen MR) is 101 cm³/mol. The third-order valence-electron chi connectivity index (χ3n) is 3.88. The summed E-state index contributed by atoms with van der Waals surface area (Å²) in [5.74, 6) is 0. The molecule has 0 spiro atoms. The molecule has 3 aromatic rings. The van der Waals surface area contributed by atoms with E-state index in [4.69, 9.17) is 9.47 Å². The van der Waals surface area contributed by atoms with Gasteiger partial charge in [0.1, 0.15) is 0 Å². The van der Waals surface area contributed by atoms with Gasteiger partial charge in [0, 0.05) is 0 Å². The van der Waals surface area contributed by atoms with Crippen LogP contribution in [0.15, 0.2) is 84.9 Å². The Kier molecular flexibility index (Phi) is 6.14. The van der Waals surface area contributed by atoms with E-state index in [1.54, 1.807) is 14.2 Å². The van der Waals surface area contributed by atoms with E-state index < -0.39 is 21.8 Å². The zero-order chi connectivity index (χ0) is 16.8. The third kappa shape index (κ3) is 3.92. The monoisotopic (exact) mass is 514 g/mol. The van der Waals surface area contributed by atoms with Crippen LogP contribution in [0.2, 0.25) is 0 Å². The van der Waals surface area contributed by atoms with Crippen LogP contribution in [0.1, 0.15) is 11.9 Å². The van der Waals surface area contributed by atoms with Crippen LogP contribution >= 0.6 is 0 Å². The molecule has 0 unspecified atom stereocenters. The molecule has 3 rings (SSSR count). The molecule has 0 saturated carbocycles. The van der Waals surface area contributed by atoms with Crippen molar-refractivity contribution >= 4 is 31.6 Å². The van der Waals surface area contributed by atoms with Crippen LogP contribution < -0.4 is 9.81 Å². The van der Waals surface area contributed by atoms with E-state index in [0.29, 0.717) is 0 Å². The Morgan fingerprint density at radius 3 is 1.42 bits per heavy atom. The van der Waals surface area contributed by atoms with Crippen molar-refractivity contribution in [3.8, 4) is 0 Å². The van der Waals surface area contributed by atoms with Gasteiger partial charge in [-0.25, -0.2) is 0 Å². The average molecular weight is 514 g/mol. The van der Waals surface area contributed by atoms with Gasteiger partial charge in [-0.3, -0.25) is 0 Å². The number of hydrogen-bond acceptors (Lipinski definition) is 2. The second kappa shape index (κ2) is 8.53. The van der Waals surface area contributed by atoms with Gasteiger partial charge in [-0.2, -0.15) is 0 Å². The fourth-order valence-corrected chi connectivity index (χ4v) is 11.6. The van der Waals surface area contributed by atoms with E-state index in [2.05, 4.69) is 84.9 Å². The molecule has 0 aliphatic carbocycles. The van der Waals surface area contributed by atoms with Gasteiger partial charge in [0.25, 0.3) is 0 Å². The maximum atomic E-state index is 5.35. The Morgan fingerprint density at radius 1 is 0.583 bits per heavy atom. The van der Waals surface area contributed by atoms with Crippen molar-refractivity contribution in [1.29, 1.82) is 0 Å². The first-order valence-electron chi connectivity index (χ1n) is 7.89. The van der Waals surface area contributed by atoms with Crippen LogP contribution in [-0.2, 0) is 9.47 Å². The molecule has 3 heteroatoms. The minimum absolute atomic E-state index is 0.305. The summed E-state index contributed by atoms with van der Waals surface area (Å²) < 4.78 is 15.1. The first-order valence-corrected chi connectivity index (χ1v) is 13.1. The molecule has 3 aromatic carbocycles. The molecule has 0 heterocycles. The van der Waals surface area contributed by atoms with Gasteiger partial charge in [0.2, 0.25) is 0 Å². The number of ether oxygens (including phenoxy) is 2. The first kappa shape index (κ1) is 17.3. The van der Waals surface area contributed by atoms with Gasteiger partial charge in [-0.1, -0.05) is 0 Å². The molecule has 0 aromatic heterocycles. The Morgan fingerprint density at radius 2 is 1.00 bits per heavy atom. The van der Waals surface area contributed by atoms with E-state index in [1.165, 1.54) is 9.81 Å². The van der Waals surface area contributed by atoms with Crippen molar-refractivity contribution in [2.45, 2.75) is 6.29 Å². The van der Waals surface area contributed by atoms with Crippen molar-refractivity contribution in [3.05, 3.63) is 90.5 Å². The third-order valence-corrected chi connectivity index (χ3v) is 13.4. The Bertz CT molecular complexity index is 698. The molecule has 0 atom stereocenters. The van der Waals surface area contributed by atoms with Crippen molar-refractivity contribution in [2.75, 3.05) is 14.2 Å². The van der Waals surface area contributed by atoms with Crippen molar-refractivity contribution < 1.29 is 9.47 Å². The van der Waals surface area contributed by atoms with Gasteiger partial charge >= 0.3 is 152 Å². The second-order valence-electron chi connectivity index (χ2n) is 5.40. The molecule has 0 radical (unpaired) electrons. The minimum atomic E-state index is -2.24. The summed E-state index contributed by atoms with van der Waals surface area (Å²) in [6, 6.07) is 30.6. The molecule has 0 fully saturated rings. The van der Waals surface area contributed by atoms with Crippen LogP contribution in [-0.4, -0.2) is 36.0 Å². The standard InChI is InChI=1S/C9H11O2.2C6H5.Bi/c1-10-9(11-2)8-6-4-3-5-7-8;2*1-2-4-6-5-3-1;/h4-7,9H,1-2H3;2*1-5H;. The molecule has 0 amide bonds. The summed E-state index contributed by atoms with van der Waals surface area (Å²) in [6.45, 7) is 0. The molecular formula is C21H21BiO2. The molecular weight excluding hydrogens is 493 g/mol. The van der Waals surface area contributed by atoms with Gasteiger partial charge in [-0.15, -0.1) is 0 Å². The van der Waals surface area contributed by atoms with Gasteiger partial charge in [0.15, 0.2) is 0 Å². The molecule has 24 heavy (non-hydrogen) atoms. The molecule has 0 bridgehead atoms. The van der Waals surface area contributed by atoms with Crippen molar-refractivity contribution in [2.24, 2.45) is 0 Å². The first-order chi connectivity index (χ1) is 11.8. The molecule has 0 aliphatic rings. The van der Waals surface area contributed by atoms with E-state index >= 15 is 0 Å². The van der Waals surface area contributed by atoms with Crippen LogP contribution in [0.3, 0.4) is 0 Å². The zero-order valence-electron chi connectivity index (χ0n) is 13.9.